The molecule has 1 aromatic heterocycles. The summed E-state index contributed by atoms with van der Waals surface area (Å²) in [5.41, 5.74) is 1.42. The first kappa shape index (κ1) is 17.7. The van der Waals surface area contributed by atoms with Gasteiger partial charge in [-0.25, -0.2) is 0 Å². The van der Waals surface area contributed by atoms with Crippen LogP contribution in [0.25, 0.3) is 0 Å². The molecule has 2 saturated heterocycles. The molecule has 2 aliphatic heterocycles. The molecule has 2 fully saturated rings. The molecule has 3 amide bonds. The standard InChI is InChI=1S/C19H19N3O4S/c23-17-10-21(19(25)16-11-27-12-22(16)17)9-13-3-5-14(6-4-13)18(24)20-8-15-2-1-7-26-15/h1-7,16H,8-12H2,(H,20,24)/t16-/m1/s1. The monoisotopic (exact) mass is 385 g/mol. The first-order chi connectivity index (χ1) is 13.1. The van der Waals surface area contributed by atoms with Crippen LogP contribution in [0.3, 0.4) is 0 Å². The van der Waals surface area contributed by atoms with Crippen molar-refractivity contribution in [2.45, 2.75) is 19.1 Å². The van der Waals surface area contributed by atoms with E-state index >= 15 is 0 Å². The number of fused-ring (bicyclic) bond motifs is 1. The number of nitrogens with one attached hydrogen (secondary N) is 1. The molecule has 1 atom stereocenters. The lowest BCUT2D eigenvalue weighted by atomic mass is 10.1. The summed E-state index contributed by atoms with van der Waals surface area (Å²) >= 11 is 1.61. The third kappa shape index (κ3) is 3.71. The van der Waals surface area contributed by atoms with Gasteiger partial charge in [0.15, 0.2) is 0 Å². The number of hydrogen-bond acceptors (Lipinski definition) is 5. The number of rotatable bonds is 5. The Morgan fingerprint density at radius 1 is 1.22 bits per heavy atom. The molecule has 2 aliphatic rings. The molecule has 1 aromatic carbocycles. The highest BCUT2D eigenvalue weighted by atomic mass is 32.2. The van der Waals surface area contributed by atoms with E-state index in [1.54, 1.807) is 52.1 Å². The molecule has 0 spiro atoms. The molecule has 7 nitrogen and oxygen atoms in total. The van der Waals surface area contributed by atoms with Crippen LogP contribution in [-0.2, 0) is 22.7 Å². The third-order valence-electron chi connectivity index (χ3n) is 4.72. The third-order valence-corrected chi connectivity index (χ3v) is 5.73. The van der Waals surface area contributed by atoms with Crippen molar-refractivity contribution >= 4 is 29.5 Å². The lowest BCUT2D eigenvalue weighted by molar-refractivity contribution is -0.153. The van der Waals surface area contributed by atoms with Crippen molar-refractivity contribution < 1.29 is 18.8 Å². The van der Waals surface area contributed by atoms with Crippen molar-refractivity contribution in [1.82, 2.24) is 15.1 Å². The molecule has 2 aromatic rings. The number of hydrogen-bond donors (Lipinski definition) is 1. The molecule has 3 heterocycles. The molecule has 0 aliphatic carbocycles. The van der Waals surface area contributed by atoms with E-state index in [1.807, 2.05) is 12.1 Å². The highest BCUT2D eigenvalue weighted by molar-refractivity contribution is 7.99. The van der Waals surface area contributed by atoms with E-state index in [0.717, 1.165) is 5.56 Å². The summed E-state index contributed by atoms with van der Waals surface area (Å²) in [6.07, 6.45) is 1.56. The predicted octanol–water partition coefficient (Wildman–Crippen LogP) is 1.45. The van der Waals surface area contributed by atoms with Crippen LogP contribution in [0, 0.1) is 0 Å². The fourth-order valence-corrected chi connectivity index (χ4v) is 4.41. The van der Waals surface area contributed by atoms with Crippen molar-refractivity contribution in [3.63, 3.8) is 0 Å². The molecule has 0 saturated carbocycles. The van der Waals surface area contributed by atoms with Crippen molar-refractivity contribution in [3.8, 4) is 0 Å². The van der Waals surface area contributed by atoms with Gasteiger partial charge in [0.2, 0.25) is 11.8 Å². The maximum absolute atomic E-state index is 12.6. The molecule has 0 unspecified atom stereocenters. The number of amides is 3. The molecule has 8 heteroatoms. The fourth-order valence-electron chi connectivity index (χ4n) is 3.23. The van der Waals surface area contributed by atoms with E-state index in [1.165, 1.54) is 0 Å². The fraction of sp³-hybridized carbons (Fsp3) is 0.316. The van der Waals surface area contributed by atoms with E-state index in [-0.39, 0.29) is 30.3 Å². The number of carbonyl (C=O) groups excluding carboxylic acids is 3. The largest absolute Gasteiger partial charge is 0.467 e. The molecular formula is C19H19N3O4S. The molecule has 1 N–H and O–H groups in total. The van der Waals surface area contributed by atoms with Crippen LogP contribution in [0.5, 0.6) is 0 Å². The van der Waals surface area contributed by atoms with E-state index < -0.39 is 0 Å². The van der Waals surface area contributed by atoms with Gasteiger partial charge >= 0.3 is 0 Å². The van der Waals surface area contributed by atoms with Gasteiger partial charge in [-0.05, 0) is 29.8 Å². The zero-order valence-electron chi connectivity index (χ0n) is 14.6. The number of carbonyl (C=O) groups is 3. The Morgan fingerprint density at radius 3 is 2.78 bits per heavy atom. The molecule has 27 heavy (non-hydrogen) atoms. The van der Waals surface area contributed by atoms with Crippen LogP contribution in [0.2, 0.25) is 0 Å². The smallest absolute Gasteiger partial charge is 0.251 e. The van der Waals surface area contributed by atoms with Gasteiger partial charge < -0.3 is 19.5 Å². The summed E-state index contributed by atoms with van der Waals surface area (Å²) in [4.78, 5) is 40.2. The lowest BCUT2D eigenvalue weighted by Crippen LogP contribution is -2.57. The average Bonchev–Trinajstić information content (AvgIpc) is 3.36. The minimum atomic E-state index is -0.331. The van der Waals surface area contributed by atoms with Gasteiger partial charge in [0.1, 0.15) is 18.3 Å². The summed E-state index contributed by atoms with van der Waals surface area (Å²) in [6.45, 7) is 0.809. The van der Waals surface area contributed by atoms with Crippen molar-refractivity contribution in [3.05, 3.63) is 59.5 Å². The summed E-state index contributed by atoms with van der Waals surface area (Å²) in [7, 11) is 0. The van der Waals surface area contributed by atoms with Gasteiger partial charge in [-0.3, -0.25) is 14.4 Å². The summed E-state index contributed by atoms with van der Waals surface area (Å²) in [5.74, 6) is 1.76. The van der Waals surface area contributed by atoms with Crippen molar-refractivity contribution in [1.29, 1.82) is 0 Å². The SMILES string of the molecule is O=C(NCc1ccco1)c1ccc(CN2CC(=O)N3CSC[C@@H]3C2=O)cc1. The second-order valence-electron chi connectivity index (χ2n) is 6.53. The second-order valence-corrected chi connectivity index (χ2v) is 7.53. The molecule has 0 radical (unpaired) electrons. The van der Waals surface area contributed by atoms with E-state index in [9.17, 15) is 14.4 Å². The highest BCUT2D eigenvalue weighted by Gasteiger charge is 2.42. The van der Waals surface area contributed by atoms with Gasteiger partial charge in [0, 0.05) is 17.9 Å². The summed E-state index contributed by atoms with van der Waals surface area (Å²) in [5, 5.41) is 2.79. The van der Waals surface area contributed by atoms with E-state index in [2.05, 4.69) is 5.32 Å². The van der Waals surface area contributed by atoms with Gasteiger partial charge in [-0.1, -0.05) is 12.1 Å². The van der Waals surface area contributed by atoms with Crippen molar-refractivity contribution in [2.75, 3.05) is 18.2 Å². The Labute approximate surface area is 160 Å². The minimum absolute atomic E-state index is 0.000123. The van der Waals surface area contributed by atoms with Crippen LogP contribution in [0.4, 0.5) is 0 Å². The Kier molecular flexibility index (Phi) is 4.89. The average molecular weight is 385 g/mol. The molecule has 140 valence electrons. The van der Waals surface area contributed by atoms with Gasteiger partial charge in [0.25, 0.3) is 5.91 Å². The summed E-state index contributed by atoms with van der Waals surface area (Å²) < 4.78 is 5.19. The van der Waals surface area contributed by atoms with Crippen LogP contribution in [0.15, 0.2) is 47.1 Å². The number of nitrogens with zero attached hydrogens (tertiary/aromatic N) is 2. The maximum Gasteiger partial charge on any atom is 0.251 e. The van der Waals surface area contributed by atoms with E-state index in [0.29, 0.717) is 36.0 Å². The topological polar surface area (TPSA) is 82.9 Å². The van der Waals surface area contributed by atoms with E-state index in [4.69, 9.17) is 4.42 Å². The molecular weight excluding hydrogens is 366 g/mol. The Balaban J connectivity index is 1.37. The zero-order valence-corrected chi connectivity index (χ0v) is 15.4. The van der Waals surface area contributed by atoms with Crippen molar-refractivity contribution in [2.24, 2.45) is 0 Å². The van der Waals surface area contributed by atoms with Gasteiger partial charge in [-0.2, -0.15) is 0 Å². The Morgan fingerprint density at radius 2 is 2.04 bits per heavy atom. The lowest BCUT2D eigenvalue weighted by Gasteiger charge is -2.35. The predicted molar refractivity (Wildman–Crippen MR) is 99.7 cm³/mol. The molecule has 0 bridgehead atoms. The zero-order chi connectivity index (χ0) is 18.8. The second kappa shape index (κ2) is 7.48. The quantitative estimate of drug-likeness (QED) is 0.842. The van der Waals surface area contributed by atoms with Gasteiger partial charge in [0.05, 0.1) is 18.7 Å². The Bertz CT molecular complexity index is 850. The van der Waals surface area contributed by atoms with Crippen LogP contribution in [0.1, 0.15) is 21.7 Å². The summed E-state index contributed by atoms with van der Waals surface area (Å²) in [6, 6.07) is 10.3. The first-order valence-corrected chi connectivity index (χ1v) is 9.83. The maximum atomic E-state index is 12.6. The van der Waals surface area contributed by atoms with Gasteiger partial charge in [-0.15, -0.1) is 11.8 Å². The number of piperazine rings is 1. The molecule has 4 rings (SSSR count). The minimum Gasteiger partial charge on any atom is -0.467 e. The number of benzene rings is 1. The highest BCUT2D eigenvalue weighted by Crippen LogP contribution is 2.26. The van der Waals surface area contributed by atoms with Crippen LogP contribution < -0.4 is 5.32 Å². The van der Waals surface area contributed by atoms with Crippen LogP contribution >= 0.6 is 11.8 Å². The van der Waals surface area contributed by atoms with Crippen LogP contribution in [-0.4, -0.2) is 51.7 Å². The first-order valence-electron chi connectivity index (χ1n) is 8.67. The number of furan rings is 1. The number of thioether (sulfide) groups is 1. The normalized spacial score (nSPS) is 19.3. The Hall–Kier alpha value is -2.74.